The highest BCUT2D eigenvalue weighted by Crippen LogP contribution is 2.42. The van der Waals surface area contributed by atoms with Gasteiger partial charge < -0.3 is 5.32 Å². The molecule has 108 valence electrons. The summed E-state index contributed by atoms with van der Waals surface area (Å²) in [6, 6.07) is 5.03. The van der Waals surface area contributed by atoms with E-state index in [0.717, 1.165) is 28.1 Å². The van der Waals surface area contributed by atoms with Crippen molar-refractivity contribution in [2.45, 2.75) is 45.1 Å². The fourth-order valence-corrected chi connectivity index (χ4v) is 4.52. The molecule has 1 spiro atoms. The Morgan fingerprint density at radius 1 is 1.40 bits per heavy atom. The van der Waals surface area contributed by atoms with Crippen molar-refractivity contribution in [3.63, 3.8) is 0 Å². The van der Waals surface area contributed by atoms with Crippen LogP contribution in [0.2, 0.25) is 0 Å². The second kappa shape index (κ2) is 5.40. The summed E-state index contributed by atoms with van der Waals surface area (Å²) in [7, 11) is 0. The average molecular weight is 292 g/mol. The second-order valence-corrected chi connectivity index (χ2v) is 7.24. The third kappa shape index (κ3) is 3.00. The minimum Gasteiger partial charge on any atom is -0.335 e. The lowest BCUT2D eigenvalue weighted by Gasteiger charge is -2.33. The average Bonchev–Trinajstić information content (AvgIpc) is 2.70. The van der Waals surface area contributed by atoms with Gasteiger partial charge >= 0.3 is 0 Å². The molecule has 1 aliphatic heterocycles. The van der Waals surface area contributed by atoms with Crippen LogP contribution in [0.15, 0.2) is 23.2 Å². The highest BCUT2D eigenvalue weighted by molar-refractivity contribution is 8.14. The first-order chi connectivity index (χ1) is 9.55. The number of hydrogen-bond donors (Lipinski definition) is 1. The number of thioether (sulfide) groups is 1. The number of rotatable bonds is 1. The number of nitrogens with zero attached hydrogens (tertiary/aromatic N) is 1. The van der Waals surface area contributed by atoms with Crippen molar-refractivity contribution in [3.05, 3.63) is 29.6 Å². The van der Waals surface area contributed by atoms with E-state index in [1.807, 2.05) is 13.0 Å². The number of benzene rings is 1. The lowest BCUT2D eigenvalue weighted by Crippen LogP contribution is -2.33. The first-order valence-electron chi connectivity index (χ1n) is 7.32. The number of halogens is 1. The van der Waals surface area contributed by atoms with E-state index < -0.39 is 0 Å². The summed E-state index contributed by atoms with van der Waals surface area (Å²) in [6.45, 7) is 4.23. The van der Waals surface area contributed by atoms with Crippen molar-refractivity contribution in [2.24, 2.45) is 10.9 Å². The molecule has 2 nitrogen and oxygen atoms in total. The molecule has 2 atom stereocenters. The van der Waals surface area contributed by atoms with E-state index in [4.69, 9.17) is 4.99 Å². The molecular formula is C16H21FN2S. The van der Waals surface area contributed by atoms with Gasteiger partial charge in [0.2, 0.25) is 0 Å². The molecule has 1 fully saturated rings. The lowest BCUT2D eigenvalue weighted by molar-refractivity contribution is 0.266. The van der Waals surface area contributed by atoms with Crippen LogP contribution in [-0.2, 0) is 0 Å². The summed E-state index contributed by atoms with van der Waals surface area (Å²) in [5, 5.41) is 4.23. The minimum atomic E-state index is -0.197. The van der Waals surface area contributed by atoms with E-state index in [2.05, 4.69) is 12.2 Å². The zero-order valence-corrected chi connectivity index (χ0v) is 12.9. The fraction of sp³-hybridized carbons (Fsp3) is 0.562. The van der Waals surface area contributed by atoms with Crippen LogP contribution < -0.4 is 5.32 Å². The van der Waals surface area contributed by atoms with Gasteiger partial charge in [-0.3, -0.25) is 4.99 Å². The van der Waals surface area contributed by atoms with Gasteiger partial charge in [0, 0.05) is 11.4 Å². The van der Waals surface area contributed by atoms with Gasteiger partial charge in [0.1, 0.15) is 5.82 Å². The van der Waals surface area contributed by atoms with Crippen LogP contribution in [0.5, 0.6) is 0 Å². The predicted octanol–water partition coefficient (Wildman–Crippen LogP) is 4.60. The molecule has 1 aromatic rings. The molecule has 0 aromatic heterocycles. The van der Waals surface area contributed by atoms with E-state index in [1.165, 1.54) is 31.7 Å². The molecule has 1 N–H and O–H groups in total. The second-order valence-electron chi connectivity index (χ2n) is 6.27. The zero-order chi connectivity index (χ0) is 14.2. The highest BCUT2D eigenvalue weighted by atomic mass is 32.2. The van der Waals surface area contributed by atoms with Gasteiger partial charge in [-0.15, -0.1) is 0 Å². The molecule has 20 heavy (non-hydrogen) atoms. The van der Waals surface area contributed by atoms with E-state index in [0.29, 0.717) is 0 Å². The largest absolute Gasteiger partial charge is 0.335 e. The van der Waals surface area contributed by atoms with Crippen LogP contribution in [0, 0.1) is 18.7 Å². The molecule has 0 saturated heterocycles. The fourth-order valence-electron chi connectivity index (χ4n) is 3.34. The van der Waals surface area contributed by atoms with Crippen molar-refractivity contribution in [1.29, 1.82) is 0 Å². The molecule has 0 bridgehead atoms. The van der Waals surface area contributed by atoms with E-state index >= 15 is 0 Å². The van der Waals surface area contributed by atoms with E-state index in [9.17, 15) is 4.39 Å². The van der Waals surface area contributed by atoms with Gasteiger partial charge in [-0.05, 0) is 49.4 Å². The summed E-state index contributed by atoms with van der Waals surface area (Å²) in [5.74, 6) is 1.63. The predicted molar refractivity (Wildman–Crippen MR) is 85.0 cm³/mol. The smallest absolute Gasteiger partial charge is 0.161 e. The van der Waals surface area contributed by atoms with Crippen molar-refractivity contribution in [3.8, 4) is 0 Å². The zero-order valence-electron chi connectivity index (χ0n) is 12.1. The van der Waals surface area contributed by atoms with Gasteiger partial charge in [0.05, 0.1) is 5.54 Å². The molecule has 1 aromatic carbocycles. The first-order valence-corrected chi connectivity index (χ1v) is 8.30. The lowest BCUT2D eigenvalue weighted by atomic mass is 9.78. The SMILES string of the molecule is Cc1cc(F)cc(NC2=NC3(CCCC(C)C3)CS2)c1. The molecule has 2 aliphatic rings. The van der Waals surface area contributed by atoms with Crippen LogP contribution in [0.25, 0.3) is 0 Å². The normalized spacial score (nSPS) is 29.6. The molecule has 2 unspecified atom stereocenters. The first kappa shape index (κ1) is 13.9. The minimum absolute atomic E-state index is 0.132. The standard InChI is InChI=1S/C16H21FN2S/c1-11-4-3-5-16(9-11)10-20-15(19-16)18-14-7-12(2)6-13(17)8-14/h6-8,11H,3-5,9-10H2,1-2H3,(H,18,19). The van der Waals surface area contributed by atoms with Crippen LogP contribution in [0.3, 0.4) is 0 Å². The molecule has 4 heteroatoms. The third-order valence-corrected chi connectivity index (χ3v) is 5.33. The van der Waals surface area contributed by atoms with Crippen molar-refractivity contribution in [2.75, 3.05) is 11.1 Å². The Morgan fingerprint density at radius 3 is 3.00 bits per heavy atom. The Labute approximate surface area is 124 Å². The Kier molecular flexibility index (Phi) is 3.76. The van der Waals surface area contributed by atoms with Crippen molar-refractivity contribution < 1.29 is 4.39 Å². The molecule has 0 radical (unpaired) electrons. The number of hydrogen-bond acceptors (Lipinski definition) is 3. The van der Waals surface area contributed by atoms with Gasteiger partial charge in [-0.2, -0.15) is 0 Å². The summed E-state index contributed by atoms with van der Waals surface area (Å²) < 4.78 is 13.4. The highest BCUT2D eigenvalue weighted by Gasteiger charge is 2.39. The number of amidine groups is 1. The van der Waals surface area contributed by atoms with Crippen LogP contribution in [0.1, 0.15) is 38.2 Å². The maximum atomic E-state index is 13.4. The molecule has 1 heterocycles. The van der Waals surface area contributed by atoms with Gasteiger partial charge in [-0.1, -0.05) is 31.5 Å². The van der Waals surface area contributed by atoms with Crippen LogP contribution in [-0.4, -0.2) is 16.5 Å². The van der Waals surface area contributed by atoms with E-state index in [1.54, 1.807) is 17.8 Å². The molecule has 0 amide bonds. The summed E-state index contributed by atoms with van der Waals surface area (Å²) in [5.41, 5.74) is 1.86. The molecule has 3 rings (SSSR count). The number of nitrogens with one attached hydrogen (secondary N) is 1. The monoisotopic (exact) mass is 292 g/mol. The Hall–Kier alpha value is -1.03. The Balaban J connectivity index is 1.75. The Morgan fingerprint density at radius 2 is 2.25 bits per heavy atom. The van der Waals surface area contributed by atoms with Gasteiger partial charge in [0.15, 0.2) is 5.17 Å². The van der Waals surface area contributed by atoms with Crippen molar-refractivity contribution in [1.82, 2.24) is 0 Å². The third-order valence-electron chi connectivity index (χ3n) is 4.18. The molecule has 1 saturated carbocycles. The van der Waals surface area contributed by atoms with Crippen LogP contribution >= 0.6 is 11.8 Å². The van der Waals surface area contributed by atoms with Gasteiger partial charge in [-0.25, -0.2) is 4.39 Å². The topological polar surface area (TPSA) is 24.4 Å². The van der Waals surface area contributed by atoms with Gasteiger partial charge in [0.25, 0.3) is 0 Å². The number of aliphatic imine (C=N–C) groups is 1. The van der Waals surface area contributed by atoms with Crippen LogP contribution in [0.4, 0.5) is 10.1 Å². The number of anilines is 1. The maximum Gasteiger partial charge on any atom is 0.161 e. The van der Waals surface area contributed by atoms with E-state index in [-0.39, 0.29) is 11.4 Å². The number of aryl methyl sites for hydroxylation is 1. The Bertz CT molecular complexity index is 523. The summed E-state index contributed by atoms with van der Waals surface area (Å²) in [4.78, 5) is 4.93. The maximum absolute atomic E-state index is 13.4. The van der Waals surface area contributed by atoms with Crippen molar-refractivity contribution >= 4 is 22.6 Å². The molecule has 1 aliphatic carbocycles. The quantitative estimate of drug-likeness (QED) is 0.818. The molecular weight excluding hydrogens is 271 g/mol. The summed E-state index contributed by atoms with van der Waals surface area (Å²) >= 11 is 1.77. The summed E-state index contributed by atoms with van der Waals surface area (Å²) in [6.07, 6.45) is 4.98.